The molecule has 1 aromatic heterocycles. The lowest BCUT2D eigenvalue weighted by atomic mass is 9.93. The summed E-state index contributed by atoms with van der Waals surface area (Å²) in [6, 6.07) is 5.82. The molecule has 0 radical (unpaired) electrons. The van der Waals surface area contributed by atoms with Gasteiger partial charge in [-0.15, -0.1) is 0 Å². The first-order chi connectivity index (χ1) is 19.8. The van der Waals surface area contributed by atoms with E-state index in [2.05, 4.69) is 32.5 Å². The number of primary amides is 1. The zero-order valence-electron chi connectivity index (χ0n) is 24.2. The second-order valence-electron chi connectivity index (χ2n) is 11.4. The summed E-state index contributed by atoms with van der Waals surface area (Å²) < 4.78 is 5.89. The first kappa shape index (κ1) is 29.3. The Kier molecular flexibility index (Phi) is 9.43. The Morgan fingerprint density at radius 2 is 1.83 bits per heavy atom. The van der Waals surface area contributed by atoms with Crippen molar-refractivity contribution in [3.8, 4) is 5.75 Å². The molecule has 3 aliphatic rings. The van der Waals surface area contributed by atoms with E-state index in [4.69, 9.17) is 15.5 Å². The fourth-order valence-electron chi connectivity index (χ4n) is 5.81. The first-order valence-electron chi connectivity index (χ1n) is 14.9. The molecule has 0 spiro atoms. The zero-order valence-corrected chi connectivity index (χ0v) is 24.2. The largest absolute Gasteiger partial charge is 0.487 e. The van der Waals surface area contributed by atoms with Gasteiger partial charge in [0.2, 0.25) is 0 Å². The number of amides is 1. The normalized spacial score (nSPS) is 23.5. The minimum atomic E-state index is -0.711. The van der Waals surface area contributed by atoms with Crippen LogP contribution in [0.1, 0.15) is 55.2 Å². The van der Waals surface area contributed by atoms with Crippen molar-refractivity contribution in [1.29, 1.82) is 0 Å². The topological polar surface area (TPSA) is 152 Å². The molecule has 6 N–H and O–H groups in total. The quantitative estimate of drug-likeness (QED) is 0.285. The molecule has 1 saturated heterocycles. The average Bonchev–Trinajstić information content (AvgIpc) is 2.96. The fraction of sp³-hybridized carbons (Fsp3) is 0.621. The Morgan fingerprint density at radius 3 is 2.54 bits per heavy atom. The van der Waals surface area contributed by atoms with Crippen molar-refractivity contribution in [2.75, 3.05) is 68.5 Å². The third-order valence-electron chi connectivity index (χ3n) is 8.32. The van der Waals surface area contributed by atoms with E-state index in [-0.39, 0.29) is 30.3 Å². The van der Waals surface area contributed by atoms with E-state index in [1.165, 1.54) is 0 Å². The Bertz CT molecular complexity index is 1200. The molecule has 2 fully saturated rings. The second-order valence-corrected chi connectivity index (χ2v) is 11.4. The van der Waals surface area contributed by atoms with Crippen molar-refractivity contribution in [2.24, 2.45) is 5.73 Å². The molecule has 1 saturated carbocycles. The summed E-state index contributed by atoms with van der Waals surface area (Å²) in [5.41, 5.74) is 7.95. The second kappa shape index (κ2) is 13.2. The summed E-state index contributed by atoms with van der Waals surface area (Å²) in [5, 5.41) is 27.3. The molecular weight excluding hydrogens is 524 g/mol. The van der Waals surface area contributed by atoms with Crippen molar-refractivity contribution in [3.63, 3.8) is 0 Å². The van der Waals surface area contributed by atoms with Crippen LogP contribution < -0.4 is 26.0 Å². The average molecular weight is 569 g/mol. The number of likely N-dealkylation sites (N-methyl/N-ethyl adjacent to an activating group) is 1. The molecule has 41 heavy (non-hydrogen) atoms. The molecule has 0 bridgehead atoms. The predicted octanol–water partition coefficient (Wildman–Crippen LogP) is 1.75. The van der Waals surface area contributed by atoms with E-state index >= 15 is 0 Å². The Morgan fingerprint density at radius 1 is 1.07 bits per heavy atom. The number of aliphatic hydroxyl groups is 2. The number of nitrogens with one attached hydrogen (secondary N) is 2. The number of aryl methyl sites for hydroxylation is 1. The highest BCUT2D eigenvalue weighted by Crippen LogP contribution is 2.37. The Balaban J connectivity index is 1.30. The number of hydrogen-bond donors (Lipinski definition) is 5. The van der Waals surface area contributed by atoms with Crippen LogP contribution >= 0.6 is 0 Å². The first-order valence-corrected chi connectivity index (χ1v) is 14.9. The summed E-state index contributed by atoms with van der Waals surface area (Å²) in [7, 11) is 2.16. The molecule has 1 aromatic carbocycles. The van der Waals surface area contributed by atoms with Crippen LogP contribution in [0.2, 0.25) is 0 Å². The van der Waals surface area contributed by atoms with Crippen LogP contribution in [0.15, 0.2) is 18.2 Å². The maximum atomic E-state index is 12.3. The Hall–Kier alpha value is -3.19. The van der Waals surface area contributed by atoms with Crippen molar-refractivity contribution >= 4 is 28.9 Å². The molecule has 3 heterocycles. The lowest BCUT2D eigenvalue weighted by molar-refractivity contribution is 0.0888. The maximum Gasteiger partial charge on any atom is 0.271 e. The maximum absolute atomic E-state index is 12.3. The highest BCUT2D eigenvalue weighted by Gasteiger charge is 2.27. The molecule has 12 heteroatoms. The molecular formula is C29H44N8O4. The van der Waals surface area contributed by atoms with Crippen LogP contribution in [0.25, 0.3) is 0 Å². The number of aromatic nitrogens is 2. The molecule has 1 aliphatic carbocycles. The lowest BCUT2D eigenvalue weighted by Crippen LogP contribution is -2.47. The minimum Gasteiger partial charge on any atom is -0.487 e. The molecule has 12 nitrogen and oxygen atoms in total. The van der Waals surface area contributed by atoms with Crippen LogP contribution in [0.5, 0.6) is 5.75 Å². The summed E-state index contributed by atoms with van der Waals surface area (Å²) in [6.45, 7) is 8.17. The number of carbonyl (C=O) groups excluding carboxylic acids is 1. The van der Waals surface area contributed by atoms with Gasteiger partial charge in [-0.3, -0.25) is 4.79 Å². The lowest BCUT2D eigenvalue weighted by Gasteiger charge is -2.37. The van der Waals surface area contributed by atoms with Gasteiger partial charge in [0.25, 0.3) is 5.91 Å². The van der Waals surface area contributed by atoms with Gasteiger partial charge in [0.1, 0.15) is 18.2 Å². The van der Waals surface area contributed by atoms with Crippen LogP contribution in [0, 0.1) is 0 Å². The zero-order chi connectivity index (χ0) is 28.9. The number of piperazine rings is 1. The number of nitrogens with two attached hydrogens (primary N) is 1. The monoisotopic (exact) mass is 568 g/mol. The van der Waals surface area contributed by atoms with Crippen molar-refractivity contribution in [2.45, 2.75) is 63.8 Å². The van der Waals surface area contributed by atoms with Crippen molar-refractivity contribution < 1.29 is 19.7 Å². The molecule has 224 valence electrons. The highest BCUT2D eigenvalue weighted by atomic mass is 16.5. The number of carbonyl (C=O) groups is 1. The third kappa shape index (κ3) is 7.18. The van der Waals surface area contributed by atoms with E-state index in [0.29, 0.717) is 29.4 Å². The number of fused-ring (bicyclic) bond motifs is 1. The Labute approximate surface area is 241 Å². The third-order valence-corrected chi connectivity index (χ3v) is 8.32. The summed E-state index contributed by atoms with van der Waals surface area (Å²) in [4.78, 5) is 28.5. The van der Waals surface area contributed by atoms with Crippen LogP contribution in [0.4, 0.5) is 23.0 Å². The summed E-state index contributed by atoms with van der Waals surface area (Å²) in [6.07, 6.45) is 3.74. The minimum absolute atomic E-state index is 0.0751. The number of hydrogen-bond acceptors (Lipinski definition) is 11. The SMILES string of the molecule is CCc1nc(C(N)=O)c(Nc2ccc3c(c2)OCC(O)N3CCCN2CCN(C)CC2)nc1NC1CCC(O)CC1. The number of rotatable bonds is 10. The van der Waals surface area contributed by atoms with E-state index in [1.54, 1.807) is 0 Å². The predicted molar refractivity (Wildman–Crippen MR) is 159 cm³/mol. The number of benzene rings is 1. The summed E-state index contributed by atoms with van der Waals surface area (Å²) in [5.74, 6) is 0.877. The number of ether oxygens (including phenoxy) is 1. The summed E-state index contributed by atoms with van der Waals surface area (Å²) >= 11 is 0. The molecule has 5 rings (SSSR count). The van der Waals surface area contributed by atoms with Gasteiger partial charge in [-0.1, -0.05) is 6.92 Å². The smallest absolute Gasteiger partial charge is 0.271 e. The van der Waals surface area contributed by atoms with Gasteiger partial charge in [0.15, 0.2) is 17.7 Å². The molecule has 1 atom stereocenters. The van der Waals surface area contributed by atoms with Crippen LogP contribution in [0.3, 0.4) is 0 Å². The van der Waals surface area contributed by atoms with Gasteiger partial charge in [0, 0.05) is 50.5 Å². The van der Waals surface area contributed by atoms with E-state index in [1.807, 2.05) is 30.0 Å². The number of aliphatic hydroxyl groups excluding tert-OH is 2. The van der Waals surface area contributed by atoms with E-state index in [9.17, 15) is 15.0 Å². The van der Waals surface area contributed by atoms with Crippen molar-refractivity contribution in [1.82, 2.24) is 19.8 Å². The van der Waals surface area contributed by atoms with Gasteiger partial charge >= 0.3 is 0 Å². The molecule has 1 unspecified atom stereocenters. The van der Waals surface area contributed by atoms with E-state index in [0.717, 1.165) is 77.1 Å². The van der Waals surface area contributed by atoms with Gasteiger partial charge in [-0.25, -0.2) is 9.97 Å². The van der Waals surface area contributed by atoms with Gasteiger partial charge in [-0.2, -0.15) is 0 Å². The highest BCUT2D eigenvalue weighted by molar-refractivity contribution is 5.96. The number of anilines is 4. The van der Waals surface area contributed by atoms with Gasteiger partial charge in [0.05, 0.1) is 17.5 Å². The molecule has 2 aliphatic heterocycles. The van der Waals surface area contributed by atoms with Crippen LogP contribution in [-0.2, 0) is 6.42 Å². The number of nitrogens with zero attached hydrogens (tertiary/aromatic N) is 5. The van der Waals surface area contributed by atoms with Gasteiger partial charge in [-0.05, 0) is 64.3 Å². The fourth-order valence-corrected chi connectivity index (χ4v) is 5.81. The van der Waals surface area contributed by atoms with Gasteiger partial charge < -0.3 is 46.0 Å². The molecule has 2 aromatic rings. The van der Waals surface area contributed by atoms with Crippen molar-refractivity contribution in [3.05, 3.63) is 29.6 Å². The van der Waals surface area contributed by atoms with Crippen LogP contribution in [-0.4, -0.2) is 107 Å². The molecule has 1 amide bonds. The van der Waals surface area contributed by atoms with E-state index < -0.39 is 12.1 Å². The standard InChI is InChI=1S/C29H44N8O4/c1-3-22-28(31-19-5-8-21(38)9-6-19)34-29(26(33-22)27(30)40)32-20-7-10-23-24(17-20)41-18-25(39)37(23)12-4-11-36-15-13-35(2)14-16-36/h7,10,17,19,21,25,38-39H,3-6,8-9,11-16,18H2,1-2H3,(H2,30,40)(H2,31,32,34).